The summed E-state index contributed by atoms with van der Waals surface area (Å²) in [5.41, 5.74) is 0. The minimum Gasteiger partial charge on any atom is -0.462 e. The molecule has 0 aromatic heterocycles. The Labute approximate surface area is 394 Å². The van der Waals surface area contributed by atoms with Gasteiger partial charge in [-0.3, -0.25) is 9.59 Å². The summed E-state index contributed by atoms with van der Waals surface area (Å²) in [5.74, 6) is -0.448. The monoisotopic (exact) mass is 892 g/mol. The average molecular weight is 893 g/mol. The van der Waals surface area contributed by atoms with Gasteiger partial charge in [0.2, 0.25) is 5.91 Å². The molecular weight excluding hydrogens is 779 g/mol. The molecular formula is C57H113NO5. The number of ether oxygens (including phenoxy) is 1. The van der Waals surface area contributed by atoms with Crippen LogP contribution in [0.5, 0.6) is 0 Å². The molecule has 0 saturated heterocycles. The lowest BCUT2D eigenvalue weighted by Gasteiger charge is -2.24. The van der Waals surface area contributed by atoms with Crippen LogP contribution in [-0.2, 0) is 14.3 Å². The third-order valence-electron chi connectivity index (χ3n) is 13.7. The third-order valence-corrected chi connectivity index (χ3v) is 13.7. The average Bonchev–Trinajstić information content (AvgIpc) is 3.28. The minimum atomic E-state index is -0.780. The van der Waals surface area contributed by atoms with Crippen LogP contribution in [0.1, 0.15) is 329 Å². The topological polar surface area (TPSA) is 95.9 Å². The standard InChI is InChI=1S/C57H113NO5/c1-4-7-10-13-16-19-22-24-26-28-30-32-34-36-39-42-45-48-53(63-57(62)50-47-44-41-38-21-18-15-12-9-6-3)51-56(61)58-54(52-59)55(60)49-46-43-40-37-35-33-31-29-27-25-23-20-17-14-11-8-5-2/h53-55,59-60H,4-52H2,1-3H3,(H,58,61). The summed E-state index contributed by atoms with van der Waals surface area (Å²) in [6.07, 6.45) is 57.4. The van der Waals surface area contributed by atoms with Crippen molar-refractivity contribution in [3.05, 3.63) is 0 Å². The largest absolute Gasteiger partial charge is 0.462 e. The summed E-state index contributed by atoms with van der Waals surface area (Å²) in [5, 5.41) is 23.9. The van der Waals surface area contributed by atoms with Gasteiger partial charge in [-0.25, -0.2) is 0 Å². The number of nitrogens with one attached hydrogen (secondary N) is 1. The number of aliphatic hydroxyl groups is 2. The summed E-state index contributed by atoms with van der Waals surface area (Å²) in [6, 6.07) is -0.693. The van der Waals surface area contributed by atoms with E-state index in [4.69, 9.17) is 4.74 Å². The number of unbranched alkanes of at least 4 members (excludes halogenated alkanes) is 41. The van der Waals surface area contributed by atoms with Gasteiger partial charge in [0, 0.05) is 6.42 Å². The van der Waals surface area contributed by atoms with Gasteiger partial charge in [-0.05, 0) is 25.7 Å². The predicted octanol–water partition coefficient (Wildman–Crippen LogP) is 17.5. The first-order valence-corrected chi connectivity index (χ1v) is 28.8. The quantitative estimate of drug-likeness (QED) is 0.0418. The Hall–Kier alpha value is -1.14. The number of carbonyl (C=O) groups excluding carboxylic acids is 2. The second-order valence-corrected chi connectivity index (χ2v) is 20.1. The molecule has 0 radical (unpaired) electrons. The van der Waals surface area contributed by atoms with Gasteiger partial charge in [-0.1, -0.05) is 290 Å². The van der Waals surface area contributed by atoms with Gasteiger partial charge in [-0.2, -0.15) is 0 Å². The highest BCUT2D eigenvalue weighted by atomic mass is 16.5. The lowest BCUT2D eigenvalue weighted by atomic mass is 10.0. The Morgan fingerprint density at radius 1 is 0.397 bits per heavy atom. The van der Waals surface area contributed by atoms with Crippen molar-refractivity contribution in [2.75, 3.05) is 6.61 Å². The van der Waals surface area contributed by atoms with E-state index in [2.05, 4.69) is 26.1 Å². The third kappa shape index (κ3) is 47.2. The van der Waals surface area contributed by atoms with Crippen LogP contribution in [0.4, 0.5) is 0 Å². The Bertz CT molecular complexity index is 913. The summed E-state index contributed by atoms with van der Waals surface area (Å²) in [4.78, 5) is 26.2. The molecule has 376 valence electrons. The number of carbonyl (C=O) groups is 2. The Balaban J connectivity index is 4.42. The van der Waals surface area contributed by atoms with Gasteiger partial charge < -0.3 is 20.3 Å². The highest BCUT2D eigenvalue weighted by Gasteiger charge is 2.24. The maximum atomic E-state index is 13.2. The highest BCUT2D eigenvalue weighted by Crippen LogP contribution is 2.19. The van der Waals surface area contributed by atoms with Gasteiger partial charge in [0.05, 0.1) is 25.2 Å². The van der Waals surface area contributed by atoms with Crippen LogP contribution in [0, 0.1) is 0 Å². The molecule has 0 aromatic carbocycles. The zero-order chi connectivity index (χ0) is 45.9. The van der Waals surface area contributed by atoms with Crippen molar-refractivity contribution in [1.82, 2.24) is 5.32 Å². The van der Waals surface area contributed by atoms with Crippen LogP contribution in [0.2, 0.25) is 0 Å². The predicted molar refractivity (Wildman–Crippen MR) is 274 cm³/mol. The molecule has 0 saturated carbocycles. The highest BCUT2D eigenvalue weighted by molar-refractivity contribution is 5.77. The molecule has 0 bridgehead atoms. The van der Waals surface area contributed by atoms with Gasteiger partial charge in [0.15, 0.2) is 0 Å². The smallest absolute Gasteiger partial charge is 0.306 e. The van der Waals surface area contributed by atoms with Gasteiger partial charge in [0.1, 0.15) is 6.10 Å². The fraction of sp³-hybridized carbons (Fsp3) is 0.965. The van der Waals surface area contributed by atoms with Crippen molar-refractivity contribution in [3.8, 4) is 0 Å². The van der Waals surface area contributed by atoms with E-state index in [0.29, 0.717) is 19.3 Å². The van der Waals surface area contributed by atoms with Gasteiger partial charge in [-0.15, -0.1) is 0 Å². The molecule has 63 heavy (non-hydrogen) atoms. The fourth-order valence-corrected chi connectivity index (χ4v) is 9.32. The van der Waals surface area contributed by atoms with Gasteiger partial charge in [0.25, 0.3) is 0 Å². The first-order chi connectivity index (χ1) is 31.0. The van der Waals surface area contributed by atoms with E-state index < -0.39 is 18.2 Å². The molecule has 0 fully saturated rings. The zero-order valence-corrected chi connectivity index (χ0v) is 43.0. The van der Waals surface area contributed by atoms with E-state index in [-0.39, 0.29) is 24.9 Å². The number of hydrogen-bond donors (Lipinski definition) is 3. The van der Waals surface area contributed by atoms with Crippen LogP contribution in [0.25, 0.3) is 0 Å². The molecule has 3 N–H and O–H groups in total. The maximum Gasteiger partial charge on any atom is 0.306 e. The summed E-state index contributed by atoms with van der Waals surface area (Å²) in [6.45, 7) is 6.53. The molecule has 0 aliphatic rings. The SMILES string of the molecule is CCCCCCCCCCCCCCCCCCCC(CC(=O)NC(CO)C(O)CCCCCCCCCCCCCCCCCCC)OC(=O)CCCCCCCCCCCC. The Morgan fingerprint density at radius 2 is 0.667 bits per heavy atom. The summed E-state index contributed by atoms with van der Waals surface area (Å²) < 4.78 is 5.95. The molecule has 0 aromatic rings. The number of rotatable bonds is 53. The summed E-state index contributed by atoms with van der Waals surface area (Å²) >= 11 is 0. The minimum absolute atomic E-state index is 0.0883. The van der Waals surface area contributed by atoms with Crippen molar-refractivity contribution in [2.24, 2.45) is 0 Å². The summed E-state index contributed by atoms with van der Waals surface area (Å²) in [7, 11) is 0. The molecule has 3 unspecified atom stereocenters. The van der Waals surface area contributed by atoms with E-state index in [1.165, 1.54) is 238 Å². The molecule has 6 nitrogen and oxygen atoms in total. The number of aliphatic hydroxyl groups excluding tert-OH is 2. The maximum absolute atomic E-state index is 13.2. The molecule has 0 aliphatic carbocycles. The Kier molecular flexibility index (Phi) is 50.9. The van der Waals surface area contributed by atoms with Crippen molar-refractivity contribution >= 4 is 11.9 Å². The number of esters is 1. The van der Waals surface area contributed by atoms with Crippen molar-refractivity contribution in [3.63, 3.8) is 0 Å². The lowest BCUT2D eigenvalue weighted by Crippen LogP contribution is -2.46. The van der Waals surface area contributed by atoms with E-state index in [1.807, 2.05) is 0 Å². The first-order valence-electron chi connectivity index (χ1n) is 28.8. The molecule has 6 heteroatoms. The normalized spacial score (nSPS) is 13.0. The second kappa shape index (κ2) is 51.8. The number of hydrogen-bond acceptors (Lipinski definition) is 5. The molecule has 0 heterocycles. The molecule has 3 atom stereocenters. The van der Waals surface area contributed by atoms with Crippen molar-refractivity contribution in [1.29, 1.82) is 0 Å². The van der Waals surface area contributed by atoms with Crippen LogP contribution >= 0.6 is 0 Å². The number of amides is 1. The van der Waals surface area contributed by atoms with Crippen LogP contribution in [-0.4, -0.2) is 46.9 Å². The van der Waals surface area contributed by atoms with Crippen molar-refractivity contribution in [2.45, 2.75) is 347 Å². The van der Waals surface area contributed by atoms with E-state index in [9.17, 15) is 19.8 Å². The van der Waals surface area contributed by atoms with Crippen molar-refractivity contribution < 1.29 is 24.5 Å². The van der Waals surface area contributed by atoms with Crippen LogP contribution in [0.15, 0.2) is 0 Å². The molecule has 1 amide bonds. The fourth-order valence-electron chi connectivity index (χ4n) is 9.32. The van der Waals surface area contributed by atoms with E-state index in [1.54, 1.807) is 0 Å². The molecule has 0 rings (SSSR count). The van der Waals surface area contributed by atoms with E-state index in [0.717, 1.165) is 44.9 Å². The Morgan fingerprint density at radius 3 is 0.968 bits per heavy atom. The van der Waals surface area contributed by atoms with Crippen LogP contribution < -0.4 is 5.32 Å². The van der Waals surface area contributed by atoms with Crippen LogP contribution in [0.3, 0.4) is 0 Å². The zero-order valence-electron chi connectivity index (χ0n) is 43.0. The van der Waals surface area contributed by atoms with Gasteiger partial charge >= 0.3 is 5.97 Å². The molecule has 0 aliphatic heterocycles. The molecule has 0 spiro atoms. The first kappa shape index (κ1) is 61.9. The lowest BCUT2D eigenvalue weighted by molar-refractivity contribution is -0.151. The van der Waals surface area contributed by atoms with E-state index >= 15 is 0 Å². The second-order valence-electron chi connectivity index (χ2n) is 20.1.